The van der Waals surface area contributed by atoms with Crippen LogP contribution in [-0.2, 0) is 9.53 Å². The highest BCUT2D eigenvalue weighted by molar-refractivity contribution is 6.30. The summed E-state index contributed by atoms with van der Waals surface area (Å²) >= 11 is 6.20. The van der Waals surface area contributed by atoms with E-state index in [1.807, 2.05) is 12.1 Å². The summed E-state index contributed by atoms with van der Waals surface area (Å²) in [5.41, 5.74) is 4.39. The second-order valence-electron chi connectivity index (χ2n) is 12.0. The molecule has 3 fully saturated rings. The molecule has 4 aliphatic rings. The Morgan fingerprint density at radius 1 is 1.03 bits per heavy atom. The maximum absolute atomic E-state index is 13.1. The third-order valence-electron chi connectivity index (χ3n) is 9.61. The lowest BCUT2D eigenvalue weighted by molar-refractivity contribution is -0.145. The van der Waals surface area contributed by atoms with E-state index in [0.29, 0.717) is 5.92 Å². The number of halogens is 1. The number of fused-ring (bicyclic) bond motifs is 2. The van der Waals surface area contributed by atoms with E-state index in [2.05, 4.69) is 72.2 Å². The average Bonchev–Trinajstić information content (AvgIpc) is 3.19. The van der Waals surface area contributed by atoms with Crippen molar-refractivity contribution < 1.29 is 9.53 Å². The molecule has 0 amide bonds. The maximum Gasteiger partial charge on any atom is 0.311 e. The van der Waals surface area contributed by atoms with Gasteiger partial charge >= 0.3 is 5.97 Å². The fourth-order valence-electron chi connectivity index (χ4n) is 7.64. The van der Waals surface area contributed by atoms with Gasteiger partial charge < -0.3 is 4.74 Å². The lowest BCUT2D eigenvalue weighted by Crippen LogP contribution is -2.50. The number of piperazine rings is 1. The van der Waals surface area contributed by atoms with Gasteiger partial charge in [0.15, 0.2) is 0 Å². The molecule has 0 N–H and O–H groups in total. The lowest BCUT2D eigenvalue weighted by Gasteiger charge is -2.46. The lowest BCUT2D eigenvalue weighted by atomic mass is 9.59. The number of carbonyl (C=O) groups excluding carboxylic acids is 1. The van der Waals surface area contributed by atoms with Crippen molar-refractivity contribution in [2.45, 2.75) is 51.7 Å². The van der Waals surface area contributed by atoms with E-state index in [4.69, 9.17) is 16.3 Å². The Morgan fingerprint density at radius 3 is 2.46 bits per heavy atom. The SMILES string of the molecule is C[C@H]1CCC[C@]2(C)C[C@H]3OC(=O)[C@@H](CN4CCN([C@H](c5ccccc5)c5ccc(Cl)cc5)CC4)[C@H]3C=C12. The summed E-state index contributed by atoms with van der Waals surface area (Å²) in [5, 5.41) is 0.766. The summed E-state index contributed by atoms with van der Waals surface area (Å²) in [5.74, 6) is 0.846. The van der Waals surface area contributed by atoms with Gasteiger partial charge in [-0.25, -0.2) is 0 Å². The highest BCUT2D eigenvalue weighted by Crippen LogP contribution is 2.54. The van der Waals surface area contributed by atoms with E-state index in [-0.39, 0.29) is 35.4 Å². The van der Waals surface area contributed by atoms with E-state index in [1.165, 1.54) is 30.4 Å². The predicted octanol–water partition coefficient (Wildman–Crippen LogP) is 6.36. The maximum atomic E-state index is 13.1. The molecule has 2 heterocycles. The highest BCUT2D eigenvalue weighted by atomic mass is 35.5. The number of carbonyl (C=O) groups is 1. The molecule has 1 saturated carbocycles. The number of benzene rings is 2. The fourth-order valence-corrected chi connectivity index (χ4v) is 7.76. The second kappa shape index (κ2) is 10.2. The molecule has 2 saturated heterocycles. The Kier molecular flexibility index (Phi) is 6.94. The normalized spacial score (nSPS) is 33.3. The second-order valence-corrected chi connectivity index (χ2v) is 12.5. The van der Waals surface area contributed by atoms with Gasteiger partial charge in [-0.05, 0) is 53.9 Å². The van der Waals surface area contributed by atoms with Crippen LogP contribution in [0, 0.1) is 23.2 Å². The van der Waals surface area contributed by atoms with Crippen molar-refractivity contribution in [1.29, 1.82) is 0 Å². The number of hydrogen-bond donors (Lipinski definition) is 0. The van der Waals surface area contributed by atoms with Crippen LogP contribution in [0.2, 0.25) is 5.02 Å². The number of allylic oxidation sites excluding steroid dienone is 1. The standard InChI is InChI=1S/C32H39ClN2O2/c1-22-7-6-14-32(2)20-29-26(19-28(22)32)27(31(36)37-29)21-34-15-17-35(18-16-34)30(23-8-4-3-5-9-23)24-10-12-25(33)13-11-24/h3-5,8-13,19,22,26-27,29-30H,6-7,14-18,20-21H2,1-2H3/t22-,26+,27-,29+,30+,32+/m0/s1. The zero-order valence-corrected chi connectivity index (χ0v) is 22.9. The third kappa shape index (κ3) is 4.89. The summed E-state index contributed by atoms with van der Waals surface area (Å²) < 4.78 is 6.02. The molecule has 0 unspecified atom stereocenters. The molecule has 0 bridgehead atoms. The molecule has 5 heteroatoms. The molecule has 6 rings (SSSR count). The summed E-state index contributed by atoms with van der Waals surface area (Å²) in [4.78, 5) is 18.1. The van der Waals surface area contributed by atoms with Crippen molar-refractivity contribution >= 4 is 17.6 Å². The highest BCUT2D eigenvalue weighted by Gasteiger charge is 2.52. The van der Waals surface area contributed by atoms with Gasteiger partial charge in [0.05, 0.1) is 12.0 Å². The van der Waals surface area contributed by atoms with Gasteiger partial charge in [0.1, 0.15) is 6.10 Å². The number of hydrogen-bond acceptors (Lipinski definition) is 4. The Labute approximate surface area is 226 Å². The number of nitrogens with zero attached hydrogens (tertiary/aromatic N) is 2. The quantitative estimate of drug-likeness (QED) is 0.340. The van der Waals surface area contributed by atoms with Gasteiger partial charge in [0, 0.05) is 43.7 Å². The summed E-state index contributed by atoms with van der Waals surface area (Å²) in [7, 11) is 0. The first-order valence-corrected chi connectivity index (χ1v) is 14.5. The van der Waals surface area contributed by atoms with Crippen LogP contribution in [0.4, 0.5) is 0 Å². The molecule has 4 nitrogen and oxygen atoms in total. The van der Waals surface area contributed by atoms with Crippen molar-refractivity contribution in [2.24, 2.45) is 23.2 Å². The molecule has 196 valence electrons. The Balaban J connectivity index is 1.15. The number of esters is 1. The predicted molar refractivity (Wildman–Crippen MR) is 148 cm³/mol. The minimum absolute atomic E-state index is 0.0208. The summed E-state index contributed by atoms with van der Waals surface area (Å²) in [6.45, 7) is 9.43. The molecule has 0 radical (unpaired) electrons. The Hall–Kier alpha value is -2.14. The molecule has 2 aliphatic carbocycles. The largest absolute Gasteiger partial charge is 0.461 e. The minimum atomic E-state index is -0.0380. The van der Waals surface area contributed by atoms with Crippen LogP contribution in [0.1, 0.15) is 56.7 Å². The van der Waals surface area contributed by atoms with E-state index in [9.17, 15) is 4.79 Å². The van der Waals surface area contributed by atoms with Crippen LogP contribution < -0.4 is 0 Å². The van der Waals surface area contributed by atoms with Crippen LogP contribution in [0.5, 0.6) is 0 Å². The van der Waals surface area contributed by atoms with Gasteiger partial charge in [-0.3, -0.25) is 14.6 Å². The molecule has 2 aliphatic heterocycles. The van der Waals surface area contributed by atoms with Crippen LogP contribution in [-0.4, -0.2) is 54.6 Å². The number of rotatable bonds is 5. The van der Waals surface area contributed by atoms with Gasteiger partial charge in [-0.1, -0.05) is 86.0 Å². The zero-order chi connectivity index (χ0) is 25.6. The molecule has 0 spiro atoms. The molecule has 37 heavy (non-hydrogen) atoms. The molecule has 0 aromatic heterocycles. The Morgan fingerprint density at radius 2 is 1.73 bits per heavy atom. The fraction of sp³-hybridized carbons (Fsp3) is 0.531. The van der Waals surface area contributed by atoms with Crippen LogP contribution >= 0.6 is 11.6 Å². The van der Waals surface area contributed by atoms with E-state index in [0.717, 1.165) is 44.2 Å². The molecule has 2 aromatic carbocycles. The van der Waals surface area contributed by atoms with Crippen LogP contribution in [0.15, 0.2) is 66.2 Å². The van der Waals surface area contributed by atoms with Crippen molar-refractivity contribution in [2.75, 3.05) is 32.7 Å². The molecule has 2 aromatic rings. The first kappa shape index (κ1) is 25.2. The van der Waals surface area contributed by atoms with Gasteiger partial charge in [0.2, 0.25) is 0 Å². The number of ether oxygens (including phenoxy) is 1. The zero-order valence-electron chi connectivity index (χ0n) is 22.1. The topological polar surface area (TPSA) is 32.8 Å². The smallest absolute Gasteiger partial charge is 0.311 e. The third-order valence-corrected chi connectivity index (χ3v) is 9.86. The van der Waals surface area contributed by atoms with Gasteiger partial charge in [0.25, 0.3) is 0 Å². The average molecular weight is 519 g/mol. The summed E-state index contributed by atoms with van der Waals surface area (Å²) in [6.07, 6.45) is 7.33. The first-order valence-electron chi connectivity index (χ1n) is 14.1. The van der Waals surface area contributed by atoms with Crippen molar-refractivity contribution in [3.8, 4) is 0 Å². The van der Waals surface area contributed by atoms with E-state index >= 15 is 0 Å². The van der Waals surface area contributed by atoms with Crippen molar-refractivity contribution in [3.05, 3.63) is 82.4 Å². The van der Waals surface area contributed by atoms with Crippen LogP contribution in [0.25, 0.3) is 0 Å². The van der Waals surface area contributed by atoms with Gasteiger partial charge in [-0.2, -0.15) is 0 Å². The van der Waals surface area contributed by atoms with Crippen molar-refractivity contribution in [3.63, 3.8) is 0 Å². The van der Waals surface area contributed by atoms with E-state index < -0.39 is 0 Å². The van der Waals surface area contributed by atoms with Gasteiger partial charge in [-0.15, -0.1) is 0 Å². The molecular weight excluding hydrogens is 480 g/mol. The molecule has 6 atom stereocenters. The van der Waals surface area contributed by atoms with Crippen LogP contribution in [0.3, 0.4) is 0 Å². The minimum Gasteiger partial charge on any atom is -0.461 e. The molecular formula is C32H39ClN2O2. The first-order chi connectivity index (χ1) is 17.9. The van der Waals surface area contributed by atoms with E-state index in [1.54, 1.807) is 5.57 Å². The van der Waals surface area contributed by atoms with Crippen molar-refractivity contribution in [1.82, 2.24) is 9.80 Å². The Bertz CT molecular complexity index is 1140. The summed E-state index contributed by atoms with van der Waals surface area (Å²) in [6, 6.07) is 19.2. The monoisotopic (exact) mass is 518 g/mol.